The van der Waals surface area contributed by atoms with E-state index in [4.69, 9.17) is 4.74 Å². The van der Waals surface area contributed by atoms with E-state index in [1.165, 1.54) is 13.2 Å². The first-order valence-electron chi connectivity index (χ1n) is 6.32. The SMILES string of the molecule is COC(=O)/C(=C/C=C/C=C/C=O)C(C)c1ccccc1. The van der Waals surface area contributed by atoms with Crippen LogP contribution in [0.2, 0.25) is 0 Å². The zero-order chi connectivity index (χ0) is 14.8. The minimum absolute atomic E-state index is 0.0663. The van der Waals surface area contributed by atoms with Crippen molar-refractivity contribution in [1.29, 1.82) is 0 Å². The Morgan fingerprint density at radius 1 is 1.10 bits per heavy atom. The molecule has 1 aromatic carbocycles. The molecule has 104 valence electrons. The van der Waals surface area contributed by atoms with Gasteiger partial charge >= 0.3 is 5.97 Å². The second-order valence-electron chi connectivity index (χ2n) is 4.15. The highest BCUT2D eigenvalue weighted by molar-refractivity contribution is 5.90. The van der Waals surface area contributed by atoms with Gasteiger partial charge in [-0.2, -0.15) is 0 Å². The molecule has 0 bridgehead atoms. The number of aldehydes is 1. The number of methoxy groups -OCH3 is 1. The lowest BCUT2D eigenvalue weighted by Crippen LogP contribution is -2.11. The fourth-order valence-corrected chi connectivity index (χ4v) is 1.76. The van der Waals surface area contributed by atoms with E-state index in [9.17, 15) is 9.59 Å². The number of carbonyl (C=O) groups excluding carboxylic acids is 2. The maximum atomic E-state index is 11.8. The normalized spacial score (nSPS) is 13.6. The third-order valence-electron chi connectivity index (χ3n) is 2.87. The number of carbonyl (C=O) groups is 2. The van der Waals surface area contributed by atoms with Crippen LogP contribution in [0.1, 0.15) is 18.4 Å². The van der Waals surface area contributed by atoms with Gasteiger partial charge in [0, 0.05) is 11.5 Å². The van der Waals surface area contributed by atoms with E-state index in [-0.39, 0.29) is 11.9 Å². The Morgan fingerprint density at radius 2 is 1.75 bits per heavy atom. The highest BCUT2D eigenvalue weighted by Gasteiger charge is 2.18. The van der Waals surface area contributed by atoms with Crippen LogP contribution in [-0.2, 0) is 14.3 Å². The maximum absolute atomic E-state index is 11.8. The summed E-state index contributed by atoms with van der Waals surface area (Å²) >= 11 is 0. The van der Waals surface area contributed by atoms with Gasteiger partial charge in [-0.1, -0.05) is 61.6 Å². The zero-order valence-corrected chi connectivity index (χ0v) is 11.7. The average molecular weight is 270 g/mol. The third kappa shape index (κ3) is 4.69. The van der Waals surface area contributed by atoms with Crippen molar-refractivity contribution >= 4 is 12.3 Å². The van der Waals surface area contributed by atoms with Gasteiger partial charge in [-0.05, 0) is 11.6 Å². The van der Waals surface area contributed by atoms with Crippen LogP contribution in [0.15, 0.2) is 66.3 Å². The van der Waals surface area contributed by atoms with Gasteiger partial charge in [0.1, 0.15) is 6.29 Å². The molecule has 0 amide bonds. The minimum Gasteiger partial charge on any atom is -0.466 e. The van der Waals surface area contributed by atoms with Gasteiger partial charge in [0.15, 0.2) is 0 Å². The lowest BCUT2D eigenvalue weighted by molar-refractivity contribution is -0.136. The van der Waals surface area contributed by atoms with Gasteiger partial charge < -0.3 is 4.74 Å². The Labute approximate surface area is 119 Å². The molecule has 1 aromatic rings. The smallest absolute Gasteiger partial charge is 0.334 e. The highest BCUT2D eigenvalue weighted by atomic mass is 16.5. The quantitative estimate of drug-likeness (QED) is 0.345. The molecule has 0 heterocycles. The minimum atomic E-state index is -0.356. The van der Waals surface area contributed by atoms with Crippen molar-refractivity contribution in [3.05, 3.63) is 71.8 Å². The number of ether oxygens (including phenoxy) is 1. The second kappa shape index (κ2) is 8.64. The standard InChI is InChI=1S/C17H18O3/c1-14(15-10-6-5-7-11-15)16(17(19)20-2)12-8-3-4-9-13-18/h3-14H,1-2H3/b8-3+,9-4+,16-12+. The highest BCUT2D eigenvalue weighted by Crippen LogP contribution is 2.24. The van der Waals surface area contributed by atoms with E-state index < -0.39 is 0 Å². The fraction of sp³-hybridized carbons (Fsp3) is 0.176. The summed E-state index contributed by atoms with van der Waals surface area (Å²) in [5.41, 5.74) is 1.61. The first kappa shape index (κ1) is 15.6. The van der Waals surface area contributed by atoms with Crippen LogP contribution < -0.4 is 0 Å². The Morgan fingerprint density at radius 3 is 2.35 bits per heavy atom. The summed E-state index contributed by atoms with van der Waals surface area (Å²) < 4.78 is 4.82. The molecule has 1 rings (SSSR count). The average Bonchev–Trinajstić information content (AvgIpc) is 2.50. The van der Waals surface area contributed by atoms with Gasteiger partial charge in [-0.25, -0.2) is 4.79 Å². The summed E-state index contributed by atoms with van der Waals surface area (Å²) in [6.07, 6.45) is 8.79. The van der Waals surface area contributed by atoms with Crippen LogP contribution in [0.5, 0.6) is 0 Å². The number of benzene rings is 1. The van der Waals surface area contributed by atoms with Crippen molar-refractivity contribution in [3.8, 4) is 0 Å². The van der Waals surface area contributed by atoms with E-state index in [0.717, 1.165) is 5.56 Å². The molecule has 0 spiro atoms. The van der Waals surface area contributed by atoms with Crippen molar-refractivity contribution in [2.24, 2.45) is 0 Å². The summed E-state index contributed by atoms with van der Waals surface area (Å²) in [5, 5.41) is 0. The molecular weight excluding hydrogens is 252 g/mol. The van der Waals surface area contributed by atoms with Gasteiger partial charge in [0.25, 0.3) is 0 Å². The predicted octanol–water partition coefficient (Wildman–Crippen LogP) is 3.20. The molecule has 1 atom stereocenters. The second-order valence-corrected chi connectivity index (χ2v) is 4.15. The first-order chi connectivity index (χ1) is 9.70. The molecule has 0 radical (unpaired) electrons. The maximum Gasteiger partial charge on any atom is 0.334 e. The zero-order valence-electron chi connectivity index (χ0n) is 11.7. The number of hydrogen-bond acceptors (Lipinski definition) is 3. The summed E-state index contributed by atoms with van der Waals surface area (Å²) in [7, 11) is 1.36. The van der Waals surface area contributed by atoms with E-state index >= 15 is 0 Å². The summed E-state index contributed by atoms with van der Waals surface area (Å²) in [4.78, 5) is 22.0. The lowest BCUT2D eigenvalue weighted by Gasteiger charge is -2.14. The van der Waals surface area contributed by atoms with Crippen molar-refractivity contribution in [2.75, 3.05) is 7.11 Å². The number of hydrogen-bond donors (Lipinski definition) is 0. The van der Waals surface area contributed by atoms with Gasteiger partial charge in [0.2, 0.25) is 0 Å². The van der Waals surface area contributed by atoms with Crippen molar-refractivity contribution in [1.82, 2.24) is 0 Å². The van der Waals surface area contributed by atoms with Crippen molar-refractivity contribution in [2.45, 2.75) is 12.8 Å². The molecule has 0 fully saturated rings. The largest absolute Gasteiger partial charge is 0.466 e. The predicted molar refractivity (Wildman–Crippen MR) is 79.3 cm³/mol. The molecule has 0 saturated carbocycles. The summed E-state index contributed by atoms with van der Waals surface area (Å²) in [6, 6.07) is 9.74. The van der Waals surface area contributed by atoms with Crippen LogP contribution in [0.25, 0.3) is 0 Å². The number of rotatable bonds is 6. The molecule has 0 aliphatic rings. The Bertz CT molecular complexity index is 524. The van der Waals surface area contributed by atoms with Crippen molar-refractivity contribution in [3.63, 3.8) is 0 Å². The molecule has 20 heavy (non-hydrogen) atoms. The molecule has 1 unspecified atom stereocenters. The molecule has 0 aliphatic heterocycles. The van der Waals surface area contributed by atoms with Crippen LogP contribution >= 0.6 is 0 Å². The third-order valence-corrected chi connectivity index (χ3v) is 2.87. The molecule has 3 nitrogen and oxygen atoms in total. The molecule has 0 aromatic heterocycles. The van der Waals surface area contributed by atoms with Crippen LogP contribution in [-0.4, -0.2) is 19.4 Å². The Hall–Kier alpha value is -2.42. The molecular formula is C17H18O3. The van der Waals surface area contributed by atoms with Crippen molar-refractivity contribution < 1.29 is 14.3 Å². The molecule has 0 saturated heterocycles. The van der Waals surface area contributed by atoms with Crippen LogP contribution in [0.3, 0.4) is 0 Å². The van der Waals surface area contributed by atoms with E-state index in [0.29, 0.717) is 11.9 Å². The number of allylic oxidation sites excluding steroid dienone is 5. The van der Waals surface area contributed by atoms with Crippen LogP contribution in [0.4, 0.5) is 0 Å². The Kier molecular flexibility index (Phi) is 6.76. The van der Waals surface area contributed by atoms with E-state index in [2.05, 4.69) is 0 Å². The Balaban J connectivity index is 2.97. The molecule has 0 N–H and O–H groups in total. The van der Waals surface area contributed by atoms with Gasteiger partial charge in [-0.15, -0.1) is 0 Å². The van der Waals surface area contributed by atoms with Gasteiger partial charge in [-0.3, -0.25) is 4.79 Å². The summed E-state index contributed by atoms with van der Waals surface area (Å²) in [6.45, 7) is 1.95. The molecule has 0 aliphatic carbocycles. The topological polar surface area (TPSA) is 43.4 Å². The van der Waals surface area contributed by atoms with Gasteiger partial charge in [0.05, 0.1) is 7.11 Å². The first-order valence-corrected chi connectivity index (χ1v) is 6.32. The van der Waals surface area contributed by atoms with E-state index in [1.807, 2.05) is 37.3 Å². The number of esters is 1. The summed E-state index contributed by atoms with van der Waals surface area (Å²) in [5.74, 6) is -0.422. The van der Waals surface area contributed by atoms with E-state index in [1.54, 1.807) is 24.3 Å². The monoisotopic (exact) mass is 270 g/mol. The molecule has 3 heteroatoms. The van der Waals surface area contributed by atoms with Crippen LogP contribution in [0, 0.1) is 0 Å². The lowest BCUT2D eigenvalue weighted by atomic mass is 9.92. The fourth-order valence-electron chi connectivity index (χ4n) is 1.76.